The Labute approximate surface area is 89.5 Å². The predicted octanol–water partition coefficient (Wildman–Crippen LogP) is 1.69. The van der Waals surface area contributed by atoms with Gasteiger partial charge in [-0.1, -0.05) is 0 Å². The van der Waals surface area contributed by atoms with Crippen molar-refractivity contribution in [2.75, 3.05) is 6.61 Å². The lowest BCUT2D eigenvalue weighted by molar-refractivity contribution is -0.137. The van der Waals surface area contributed by atoms with Gasteiger partial charge in [0.15, 0.2) is 0 Å². The van der Waals surface area contributed by atoms with Gasteiger partial charge in [-0.25, -0.2) is 4.79 Å². The number of allylic oxidation sites excluding steroid dienone is 1. The minimum absolute atomic E-state index is 0.307. The van der Waals surface area contributed by atoms with E-state index < -0.39 is 0 Å². The van der Waals surface area contributed by atoms with Gasteiger partial charge in [-0.3, -0.25) is 4.68 Å². The Morgan fingerprint density at radius 1 is 1.67 bits per heavy atom. The van der Waals surface area contributed by atoms with Gasteiger partial charge >= 0.3 is 5.97 Å². The maximum absolute atomic E-state index is 11.2. The predicted molar refractivity (Wildman–Crippen MR) is 58.2 cm³/mol. The maximum Gasteiger partial charge on any atom is 0.331 e. The summed E-state index contributed by atoms with van der Waals surface area (Å²) in [5, 5.41) is 4.21. The van der Waals surface area contributed by atoms with Crippen LogP contribution in [-0.2, 0) is 16.6 Å². The van der Waals surface area contributed by atoms with Crippen molar-refractivity contribution in [1.82, 2.24) is 9.78 Å². The van der Waals surface area contributed by atoms with Gasteiger partial charge in [0.1, 0.15) is 0 Å². The van der Waals surface area contributed by atoms with E-state index in [1.807, 2.05) is 27.1 Å². The SMILES string of the molecule is CCOC(=O)/C=C(/C)c1cn(C)nc1C. The molecule has 1 heterocycles. The van der Waals surface area contributed by atoms with E-state index in [0.29, 0.717) is 6.61 Å². The molecule has 0 bridgehead atoms. The van der Waals surface area contributed by atoms with Gasteiger partial charge in [-0.05, 0) is 26.3 Å². The van der Waals surface area contributed by atoms with Gasteiger partial charge in [0.25, 0.3) is 0 Å². The van der Waals surface area contributed by atoms with E-state index >= 15 is 0 Å². The third-order valence-electron chi connectivity index (χ3n) is 2.06. The van der Waals surface area contributed by atoms with Crippen molar-refractivity contribution in [3.8, 4) is 0 Å². The molecular formula is C11H16N2O2. The number of esters is 1. The Kier molecular flexibility index (Phi) is 3.66. The van der Waals surface area contributed by atoms with Gasteiger partial charge in [0.05, 0.1) is 12.3 Å². The lowest BCUT2D eigenvalue weighted by Crippen LogP contribution is -2.00. The number of nitrogens with zero attached hydrogens (tertiary/aromatic N) is 2. The van der Waals surface area contributed by atoms with Crippen LogP contribution < -0.4 is 0 Å². The zero-order chi connectivity index (χ0) is 11.4. The Morgan fingerprint density at radius 3 is 2.80 bits per heavy atom. The maximum atomic E-state index is 11.2. The van der Waals surface area contributed by atoms with Crippen LogP contribution in [0.25, 0.3) is 5.57 Å². The summed E-state index contributed by atoms with van der Waals surface area (Å²) in [6.07, 6.45) is 3.38. The van der Waals surface area contributed by atoms with Gasteiger partial charge in [0.2, 0.25) is 0 Å². The highest BCUT2D eigenvalue weighted by molar-refractivity contribution is 5.91. The smallest absolute Gasteiger partial charge is 0.331 e. The van der Waals surface area contributed by atoms with E-state index in [1.54, 1.807) is 11.6 Å². The molecule has 0 spiro atoms. The van der Waals surface area contributed by atoms with E-state index in [1.165, 1.54) is 6.08 Å². The van der Waals surface area contributed by atoms with Crippen LogP contribution in [0.4, 0.5) is 0 Å². The fourth-order valence-electron chi connectivity index (χ4n) is 1.43. The van der Waals surface area contributed by atoms with E-state index in [9.17, 15) is 4.79 Å². The Bertz CT molecular complexity index is 391. The van der Waals surface area contributed by atoms with Crippen LogP contribution in [0.15, 0.2) is 12.3 Å². The summed E-state index contributed by atoms with van der Waals surface area (Å²) in [5.41, 5.74) is 2.76. The van der Waals surface area contributed by atoms with Crippen molar-refractivity contribution in [2.24, 2.45) is 7.05 Å². The number of ether oxygens (including phenoxy) is 1. The molecule has 0 radical (unpaired) electrons. The lowest BCUT2D eigenvalue weighted by atomic mass is 10.1. The van der Waals surface area contributed by atoms with Crippen LogP contribution in [0, 0.1) is 6.92 Å². The quantitative estimate of drug-likeness (QED) is 0.561. The first-order valence-electron chi connectivity index (χ1n) is 4.90. The van der Waals surface area contributed by atoms with Gasteiger partial charge in [-0.15, -0.1) is 0 Å². The number of carbonyl (C=O) groups is 1. The molecule has 1 aromatic heterocycles. The fraction of sp³-hybridized carbons (Fsp3) is 0.455. The van der Waals surface area contributed by atoms with E-state index in [2.05, 4.69) is 5.10 Å². The van der Waals surface area contributed by atoms with Crippen molar-refractivity contribution in [3.05, 3.63) is 23.5 Å². The summed E-state index contributed by atoms with van der Waals surface area (Å²) in [7, 11) is 1.86. The lowest BCUT2D eigenvalue weighted by Gasteiger charge is -1.99. The first-order chi connectivity index (χ1) is 7.04. The topological polar surface area (TPSA) is 44.1 Å². The molecule has 1 rings (SSSR count). The minimum Gasteiger partial charge on any atom is -0.463 e. The monoisotopic (exact) mass is 208 g/mol. The molecule has 0 N–H and O–H groups in total. The Balaban J connectivity index is 2.88. The number of hydrogen-bond acceptors (Lipinski definition) is 3. The molecule has 0 amide bonds. The second kappa shape index (κ2) is 4.77. The standard InChI is InChI=1S/C11H16N2O2/c1-5-15-11(14)6-8(2)10-7-13(4)12-9(10)3/h6-7H,5H2,1-4H3/b8-6-. The van der Waals surface area contributed by atoms with Gasteiger partial charge in [-0.2, -0.15) is 5.10 Å². The van der Waals surface area contributed by atoms with E-state index in [4.69, 9.17) is 4.74 Å². The highest BCUT2D eigenvalue weighted by Crippen LogP contribution is 2.16. The fourth-order valence-corrected chi connectivity index (χ4v) is 1.43. The Hall–Kier alpha value is -1.58. The van der Waals surface area contributed by atoms with Crippen LogP contribution in [0.5, 0.6) is 0 Å². The van der Waals surface area contributed by atoms with Crippen molar-refractivity contribution >= 4 is 11.5 Å². The molecular weight excluding hydrogens is 192 g/mol. The highest BCUT2D eigenvalue weighted by atomic mass is 16.5. The Morgan fingerprint density at radius 2 is 2.33 bits per heavy atom. The van der Waals surface area contributed by atoms with E-state index in [-0.39, 0.29) is 5.97 Å². The van der Waals surface area contributed by atoms with Gasteiger partial charge < -0.3 is 4.74 Å². The zero-order valence-electron chi connectivity index (χ0n) is 9.57. The normalized spacial score (nSPS) is 11.6. The second-order valence-electron chi connectivity index (χ2n) is 3.38. The summed E-state index contributed by atoms with van der Waals surface area (Å²) < 4.78 is 6.57. The average molecular weight is 208 g/mol. The molecule has 15 heavy (non-hydrogen) atoms. The van der Waals surface area contributed by atoms with Crippen LogP contribution in [-0.4, -0.2) is 22.4 Å². The van der Waals surface area contributed by atoms with Crippen molar-refractivity contribution in [2.45, 2.75) is 20.8 Å². The molecule has 0 unspecified atom stereocenters. The molecule has 4 heteroatoms. The molecule has 0 aliphatic rings. The number of rotatable bonds is 3. The second-order valence-corrected chi connectivity index (χ2v) is 3.38. The van der Waals surface area contributed by atoms with Gasteiger partial charge in [0, 0.05) is 24.9 Å². The molecule has 0 saturated carbocycles. The number of aryl methyl sites for hydroxylation is 2. The molecule has 0 saturated heterocycles. The first-order valence-corrected chi connectivity index (χ1v) is 4.90. The van der Waals surface area contributed by atoms with Crippen LogP contribution >= 0.6 is 0 Å². The molecule has 0 aliphatic carbocycles. The molecule has 0 aliphatic heterocycles. The summed E-state index contributed by atoms with van der Waals surface area (Å²) in [6.45, 7) is 5.98. The number of carbonyl (C=O) groups excluding carboxylic acids is 1. The molecule has 4 nitrogen and oxygen atoms in total. The minimum atomic E-state index is -0.307. The molecule has 1 aromatic rings. The van der Waals surface area contributed by atoms with Crippen molar-refractivity contribution < 1.29 is 9.53 Å². The van der Waals surface area contributed by atoms with Crippen LogP contribution in [0.3, 0.4) is 0 Å². The average Bonchev–Trinajstić information content (AvgIpc) is 2.45. The number of aromatic nitrogens is 2. The summed E-state index contributed by atoms with van der Waals surface area (Å²) in [4.78, 5) is 11.2. The van der Waals surface area contributed by atoms with Crippen molar-refractivity contribution in [3.63, 3.8) is 0 Å². The largest absolute Gasteiger partial charge is 0.463 e. The molecule has 82 valence electrons. The summed E-state index contributed by atoms with van der Waals surface area (Å²) in [6, 6.07) is 0. The summed E-state index contributed by atoms with van der Waals surface area (Å²) in [5.74, 6) is -0.307. The zero-order valence-corrected chi connectivity index (χ0v) is 9.57. The van der Waals surface area contributed by atoms with Crippen LogP contribution in [0.2, 0.25) is 0 Å². The molecule has 0 fully saturated rings. The third kappa shape index (κ3) is 2.94. The first kappa shape index (κ1) is 11.5. The third-order valence-corrected chi connectivity index (χ3v) is 2.06. The number of hydrogen-bond donors (Lipinski definition) is 0. The van der Waals surface area contributed by atoms with Crippen LogP contribution in [0.1, 0.15) is 25.1 Å². The summed E-state index contributed by atoms with van der Waals surface area (Å²) >= 11 is 0. The van der Waals surface area contributed by atoms with Crippen molar-refractivity contribution in [1.29, 1.82) is 0 Å². The highest BCUT2D eigenvalue weighted by Gasteiger charge is 2.06. The van der Waals surface area contributed by atoms with E-state index in [0.717, 1.165) is 16.8 Å². The molecule has 0 atom stereocenters. The molecule has 0 aromatic carbocycles.